The number of hydrogen-bond acceptors (Lipinski definition) is 6. The number of carbonyl (C=O) groups is 1. The van der Waals surface area contributed by atoms with E-state index < -0.39 is 16.1 Å². The summed E-state index contributed by atoms with van der Waals surface area (Å²) in [6.45, 7) is 2.43. The Morgan fingerprint density at radius 2 is 2.14 bits per heavy atom. The average molecular weight is 405 g/mol. The lowest BCUT2D eigenvalue weighted by Crippen LogP contribution is -2.35. The standard InChI is InChI=1S/C19H23N3O5S/c1-14(16-6-3-4-9-20-16)22(10-5-11-26-2)28(24,25)15-7-8-18-17(12-15)21-19(23)13-27-18/h3-4,6-9,12,14H,5,10-11,13H2,1-2H3,(H,21,23). The molecule has 1 aliphatic heterocycles. The predicted molar refractivity (Wildman–Crippen MR) is 104 cm³/mol. The van der Waals surface area contributed by atoms with Gasteiger partial charge < -0.3 is 14.8 Å². The zero-order chi connectivity index (χ0) is 20.1. The number of methoxy groups -OCH3 is 1. The molecule has 0 fully saturated rings. The van der Waals surface area contributed by atoms with Crippen LogP contribution in [0.4, 0.5) is 5.69 Å². The number of fused-ring (bicyclic) bond motifs is 1. The van der Waals surface area contributed by atoms with Crippen LogP contribution in [-0.4, -0.2) is 50.5 Å². The van der Waals surface area contributed by atoms with Crippen molar-refractivity contribution in [3.63, 3.8) is 0 Å². The van der Waals surface area contributed by atoms with Crippen LogP contribution in [-0.2, 0) is 19.6 Å². The van der Waals surface area contributed by atoms with Crippen LogP contribution in [0.1, 0.15) is 25.1 Å². The molecule has 2 heterocycles. The monoisotopic (exact) mass is 405 g/mol. The highest BCUT2D eigenvalue weighted by Crippen LogP contribution is 2.33. The van der Waals surface area contributed by atoms with E-state index >= 15 is 0 Å². The molecule has 1 N–H and O–H groups in total. The number of amides is 1. The molecule has 0 aliphatic carbocycles. The van der Waals surface area contributed by atoms with Crippen LogP contribution >= 0.6 is 0 Å². The average Bonchev–Trinajstić information content (AvgIpc) is 2.70. The molecule has 3 rings (SSSR count). The van der Waals surface area contributed by atoms with Crippen molar-refractivity contribution in [2.45, 2.75) is 24.3 Å². The Labute approximate surface area is 164 Å². The number of carbonyl (C=O) groups excluding carboxylic acids is 1. The lowest BCUT2D eigenvalue weighted by atomic mass is 10.2. The number of sulfonamides is 1. The largest absolute Gasteiger partial charge is 0.482 e. The molecule has 1 unspecified atom stereocenters. The highest BCUT2D eigenvalue weighted by atomic mass is 32.2. The molecule has 1 atom stereocenters. The summed E-state index contributed by atoms with van der Waals surface area (Å²) in [5.74, 6) is 0.128. The van der Waals surface area contributed by atoms with Crippen LogP contribution in [0, 0.1) is 0 Å². The minimum absolute atomic E-state index is 0.0808. The van der Waals surface area contributed by atoms with Crippen LogP contribution < -0.4 is 10.1 Å². The fourth-order valence-corrected chi connectivity index (χ4v) is 4.69. The summed E-state index contributed by atoms with van der Waals surface area (Å²) in [4.78, 5) is 16.0. The minimum atomic E-state index is -3.85. The van der Waals surface area contributed by atoms with E-state index in [-0.39, 0.29) is 24.0 Å². The summed E-state index contributed by atoms with van der Waals surface area (Å²) in [6, 6.07) is 9.41. The first-order valence-electron chi connectivity index (χ1n) is 8.92. The molecule has 1 amide bonds. The second-order valence-electron chi connectivity index (χ2n) is 6.39. The zero-order valence-corrected chi connectivity index (χ0v) is 16.6. The van der Waals surface area contributed by atoms with E-state index in [2.05, 4.69) is 10.3 Å². The van der Waals surface area contributed by atoms with Crippen LogP contribution in [0.15, 0.2) is 47.5 Å². The third-order valence-corrected chi connectivity index (χ3v) is 6.43. The Morgan fingerprint density at radius 3 is 2.86 bits per heavy atom. The number of pyridine rings is 1. The summed E-state index contributed by atoms with van der Waals surface area (Å²) < 4.78 is 38.6. The van der Waals surface area contributed by atoms with E-state index in [9.17, 15) is 13.2 Å². The first-order chi connectivity index (χ1) is 13.4. The van der Waals surface area contributed by atoms with Crippen LogP contribution in [0.5, 0.6) is 5.75 Å². The van der Waals surface area contributed by atoms with Gasteiger partial charge in [0.2, 0.25) is 10.0 Å². The molecular weight excluding hydrogens is 382 g/mol. The van der Waals surface area contributed by atoms with E-state index in [0.717, 1.165) is 0 Å². The summed E-state index contributed by atoms with van der Waals surface area (Å²) in [7, 11) is -2.27. The Balaban J connectivity index is 1.95. The Morgan fingerprint density at radius 1 is 1.32 bits per heavy atom. The highest BCUT2D eigenvalue weighted by Gasteiger charge is 2.31. The lowest BCUT2D eigenvalue weighted by Gasteiger charge is -2.28. The molecule has 0 saturated heterocycles. The third kappa shape index (κ3) is 4.32. The van der Waals surface area contributed by atoms with Gasteiger partial charge in [-0.15, -0.1) is 0 Å². The summed E-state index contributed by atoms with van der Waals surface area (Å²) in [6.07, 6.45) is 2.18. The number of nitrogens with one attached hydrogen (secondary N) is 1. The fourth-order valence-electron chi connectivity index (χ4n) is 3.02. The minimum Gasteiger partial charge on any atom is -0.482 e. The number of aromatic nitrogens is 1. The van der Waals surface area contributed by atoms with Gasteiger partial charge in [0.25, 0.3) is 5.91 Å². The van der Waals surface area contributed by atoms with Gasteiger partial charge in [-0.3, -0.25) is 9.78 Å². The van der Waals surface area contributed by atoms with Crippen molar-refractivity contribution in [2.75, 3.05) is 32.2 Å². The fraction of sp³-hybridized carbons (Fsp3) is 0.368. The molecule has 1 aromatic heterocycles. The van der Waals surface area contributed by atoms with Crippen molar-refractivity contribution >= 4 is 21.6 Å². The molecule has 0 saturated carbocycles. The maximum Gasteiger partial charge on any atom is 0.262 e. The number of ether oxygens (including phenoxy) is 2. The molecule has 0 spiro atoms. The van der Waals surface area contributed by atoms with Crippen molar-refractivity contribution in [3.8, 4) is 5.75 Å². The van der Waals surface area contributed by atoms with E-state index in [4.69, 9.17) is 9.47 Å². The molecule has 150 valence electrons. The van der Waals surface area contributed by atoms with Crippen molar-refractivity contribution in [2.24, 2.45) is 0 Å². The van der Waals surface area contributed by atoms with E-state index in [1.54, 1.807) is 38.4 Å². The smallest absolute Gasteiger partial charge is 0.262 e. The maximum absolute atomic E-state index is 13.4. The quantitative estimate of drug-likeness (QED) is 0.676. The van der Waals surface area contributed by atoms with Gasteiger partial charge in [-0.05, 0) is 43.7 Å². The molecule has 8 nitrogen and oxygen atoms in total. The summed E-state index contributed by atoms with van der Waals surface area (Å²) in [5.41, 5.74) is 0.998. The number of hydrogen-bond donors (Lipinski definition) is 1. The summed E-state index contributed by atoms with van der Waals surface area (Å²) in [5, 5.41) is 2.65. The molecule has 0 bridgehead atoms. The topological polar surface area (TPSA) is 97.8 Å². The Kier molecular flexibility index (Phi) is 6.28. The molecule has 2 aromatic rings. The van der Waals surface area contributed by atoms with E-state index in [0.29, 0.717) is 30.2 Å². The van der Waals surface area contributed by atoms with Gasteiger partial charge in [-0.25, -0.2) is 8.42 Å². The summed E-state index contributed by atoms with van der Waals surface area (Å²) >= 11 is 0. The normalized spacial score (nSPS) is 14.9. The van der Waals surface area contributed by atoms with Gasteiger partial charge in [0.1, 0.15) is 5.75 Å². The number of anilines is 1. The van der Waals surface area contributed by atoms with Crippen molar-refractivity contribution in [1.82, 2.24) is 9.29 Å². The van der Waals surface area contributed by atoms with Gasteiger partial charge in [0.15, 0.2) is 6.61 Å². The Bertz CT molecular complexity index is 934. The third-order valence-electron chi connectivity index (χ3n) is 4.47. The molecule has 28 heavy (non-hydrogen) atoms. The van der Waals surface area contributed by atoms with E-state index in [1.165, 1.54) is 16.4 Å². The first kappa shape index (κ1) is 20.2. The van der Waals surface area contributed by atoms with E-state index in [1.807, 2.05) is 6.07 Å². The van der Waals surface area contributed by atoms with Crippen molar-refractivity contribution in [1.29, 1.82) is 0 Å². The van der Waals surface area contributed by atoms with Gasteiger partial charge in [-0.1, -0.05) is 6.07 Å². The van der Waals surface area contributed by atoms with Crippen molar-refractivity contribution in [3.05, 3.63) is 48.3 Å². The second kappa shape index (κ2) is 8.68. The first-order valence-corrected chi connectivity index (χ1v) is 10.4. The van der Waals surface area contributed by atoms with Gasteiger partial charge in [0.05, 0.1) is 22.3 Å². The molecule has 9 heteroatoms. The van der Waals surface area contributed by atoms with Crippen LogP contribution in [0.2, 0.25) is 0 Å². The zero-order valence-electron chi connectivity index (χ0n) is 15.8. The van der Waals surface area contributed by atoms with Gasteiger partial charge in [0, 0.05) is 26.5 Å². The maximum atomic E-state index is 13.4. The number of rotatable bonds is 8. The molecule has 1 aliphatic rings. The number of nitrogens with zero attached hydrogens (tertiary/aromatic N) is 2. The molecule has 1 aromatic carbocycles. The lowest BCUT2D eigenvalue weighted by molar-refractivity contribution is -0.118. The second-order valence-corrected chi connectivity index (χ2v) is 8.28. The highest BCUT2D eigenvalue weighted by molar-refractivity contribution is 7.89. The van der Waals surface area contributed by atoms with Crippen molar-refractivity contribution < 1.29 is 22.7 Å². The van der Waals surface area contributed by atoms with Gasteiger partial charge in [-0.2, -0.15) is 4.31 Å². The van der Waals surface area contributed by atoms with Gasteiger partial charge >= 0.3 is 0 Å². The molecular formula is C19H23N3O5S. The Hall–Kier alpha value is -2.49. The SMILES string of the molecule is COCCCN(C(C)c1ccccn1)S(=O)(=O)c1ccc2c(c1)NC(=O)CO2. The van der Waals surface area contributed by atoms with Crippen LogP contribution in [0.3, 0.4) is 0 Å². The molecule has 0 radical (unpaired) electrons. The predicted octanol–water partition coefficient (Wildman–Crippen LogP) is 2.20. The van der Waals surface area contributed by atoms with Crippen LogP contribution in [0.25, 0.3) is 0 Å². The number of benzene rings is 1.